The first-order chi connectivity index (χ1) is 19.2. The number of hydrogen-bond donors (Lipinski definition) is 1. The quantitative estimate of drug-likeness (QED) is 0.444. The molecule has 2 aromatic heterocycles. The van der Waals surface area contributed by atoms with Gasteiger partial charge in [-0.1, -0.05) is 12.1 Å². The van der Waals surface area contributed by atoms with Gasteiger partial charge in [0, 0.05) is 36.9 Å². The molecule has 40 heavy (non-hydrogen) atoms. The average Bonchev–Trinajstić information content (AvgIpc) is 3.60. The molecular weight excluding hydrogens is 531 g/mol. The second kappa shape index (κ2) is 9.47. The molecule has 6 heterocycles. The number of fused-ring (bicyclic) bond motifs is 4. The molecule has 7 rings (SSSR count). The summed E-state index contributed by atoms with van der Waals surface area (Å²) in [5.74, 6) is -2.12. The number of alkyl halides is 3. The zero-order valence-corrected chi connectivity index (χ0v) is 21.8. The Balaban J connectivity index is 1.34. The number of nitrogens with one attached hydrogen (secondary N) is 1. The predicted molar refractivity (Wildman–Crippen MR) is 138 cm³/mol. The molecule has 2 unspecified atom stereocenters. The van der Waals surface area contributed by atoms with Gasteiger partial charge in [0.1, 0.15) is 35.0 Å². The van der Waals surface area contributed by atoms with Crippen molar-refractivity contribution in [1.82, 2.24) is 25.2 Å². The fourth-order valence-corrected chi connectivity index (χ4v) is 7.15. The lowest BCUT2D eigenvalue weighted by atomic mass is 9.95. The summed E-state index contributed by atoms with van der Waals surface area (Å²) in [7, 11) is 0. The van der Waals surface area contributed by atoms with E-state index >= 15 is 4.39 Å². The van der Waals surface area contributed by atoms with Crippen molar-refractivity contribution in [1.29, 1.82) is 0 Å². The Morgan fingerprint density at radius 2 is 1.75 bits per heavy atom. The highest BCUT2D eigenvalue weighted by Gasteiger charge is 2.45. The van der Waals surface area contributed by atoms with Gasteiger partial charge in [0.15, 0.2) is 5.82 Å². The minimum absolute atomic E-state index is 0.0205. The molecule has 4 saturated heterocycles. The average molecular weight is 561 g/mol. The Morgan fingerprint density at radius 3 is 2.45 bits per heavy atom. The number of ether oxygens (including phenoxy) is 1. The fraction of sp³-hybridized carbons (Fsp3) is 0.536. The number of benzene rings is 1. The standard InChI is InChI=1S/C28H29F5N6O/c29-20-5-1-4-18(21(20)28(31,32)33)23-22(30)24-19(12-34-23)25(38-13-16-6-7-17(14-38)35-16)37-26(36-24)40-15-27-8-2-10-39(27)11-3-9-27/h1,4-5,12,16-17,35H,2-3,6-11,13-15H2. The first-order valence-electron chi connectivity index (χ1n) is 13.8. The number of aromatic nitrogens is 3. The Hall–Kier alpha value is -3.12. The molecule has 212 valence electrons. The summed E-state index contributed by atoms with van der Waals surface area (Å²) in [4.78, 5) is 17.6. The van der Waals surface area contributed by atoms with Crippen molar-refractivity contribution in [3.63, 3.8) is 0 Å². The lowest BCUT2D eigenvalue weighted by molar-refractivity contribution is -0.139. The van der Waals surface area contributed by atoms with Crippen LogP contribution in [0, 0.1) is 11.6 Å². The minimum Gasteiger partial charge on any atom is -0.461 e. The van der Waals surface area contributed by atoms with Crippen LogP contribution in [0.3, 0.4) is 0 Å². The van der Waals surface area contributed by atoms with Crippen molar-refractivity contribution < 1.29 is 26.7 Å². The van der Waals surface area contributed by atoms with Gasteiger partial charge in [0.25, 0.3) is 0 Å². The predicted octanol–water partition coefficient (Wildman–Crippen LogP) is 4.94. The van der Waals surface area contributed by atoms with Crippen molar-refractivity contribution in [2.45, 2.75) is 62.3 Å². The van der Waals surface area contributed by atoms with Gasteiger partial charge in [-0.3, -0.25) is 9.88 Å². The summed E-state index contributed by atoms with van der Waals surface area (Å²) in [6, 6.07) is 3.33. The number of anilines is 1. The van der Waals surface area contributed by atoms with Crippen molar-refractivity contribution in [2.24, 2.45) is 0 Å². The maximum atomic E-state index is 16.2. The lowest BCUT2D eigenvalue weighted by Crippen LogP contribution is -2.51. The Bertz CT molecular complexity index is 1440. The zero-order chi connectivity index (χ0) is 27.6. The third kappa shape index (κ3) is 4.27. The van der Waals surface area contributed by atoms with E-state index in [0.29, 0.717) is 31.6 Å². The second-order valence-corrected chi connectivity index (χ2v) is 11.4. The molecule has 1 aromatic carbocycles. The third-order valence-corrected chi connectivity index (χ3v) is 8.99. The van der Waals surface area contributed by atoms with Crippen LogP contribution < -0.4 is 15.0 Å². The smallest absolute Gasteiger partial charge is 0.419 e. The molecule has 3 aromatic rings. The zero-order valence-electron chi connectivity index (χ0n) is 21.8. The number of hydrogen-bond acceptors (Lipinski definition) is 7. The molecule has 0 saturated carbocycles. The first kappa shape index (κ1) is 25.8. The molecule has 2 atom stereocenters. The van der Waals surface area contributed by atoms with Crippen LogP contribution in [0.4, 0.5) is 27.8 Å². The SMILES string of the molecule is Fc1cccc(-c2ncc3c(N4CC5CCC(C4)N5)nc(OCC45CCCN4CCC5)nc3c2F)c1C(F)(F)F. The number of piperazine rings is 1. The first-order valence-corrected chi connectivity index (χ1v) is 13.8. The maximum absolute atomic E-state index is 16.2. The lowest BCUT2D eigenvalue weighted by Gasteiger charge is -2.34. The van der Waals surface area contributed by atoms with Gasteiger partial charge >= 0.3 is 12.2 Å². The van der Waals surface area contributed by atoms with Crippen molar-refractivity contribution in [2.75, 3.05) is 37.7 Å². The summed E-state index contributed by atoms with van der Waals surface area (Å²) in [5.41, 5.74) is -3.15. The highest BCUT2D eigenvalue weighted by atomic mass is 19.4. The molecule has 0 amide bonds. The van der Waals surface area contributed by atoms with Crippen LogP contribution in [0.15, 0.2) is 24.4 Å². The van der Waals surface area contributed by atoms with Crippen LogP contribution in [0.2, 0.25) is 0 Å². The summed E-state index contributed by atoms with van der Waals surface area (Å²) >= 11 is 0. The number of rotatable bonds is 5. The molecular formula is C28H29F5N6O. The van der Waals surface area contributed by atoms with Crippen molar-refractivity contribution >= 4 is 16.7 Å². The van der Waals surface area contributed by atoms with E-state index < -0.39 is 34.6 Å². The normalized spacial score (nSPS) is 24.2. The highest BCUT2D eigenvalue weighted by Crippen LogP contribution is 2.42. The van der Waals surface area contributed by atoms with Crippen molar-refractivity contribution in [3.8, 4) is 17.3 Å². The number of pyridine rings is 1. The van der Waals surface area contributed by atoms with E-state index in [9.17, 15) is 17.6 Å². The van der Waals surface area contributed by atoms with Crippen LogP contribution >= 0.6 is 0 Å². The molecule has 2 bridgehead atoms. The molecule has 4 fully saturated rings. The van der Waals surface area contributed by atoms with E-state index in [1.165, 1.54) is 6.20 Å². The number of halogens is 5. The second-order valence-electron chi connectivity index (χ2n) is 11.4. The topological polar surface area (TPSA) is 66.4 Å². The van der Waals surface area contributed by atoms with E-state index in [4.69, 9.17) is 9.72 Å². The maximum Gasteiger partial charge on any atom is 0.419 e. The van der Waals surface area contributed by atoms with Crippen LogP contribution in [0.1, 0.15) is 44.1 Å². The minimum atomic E-state index is -5.04. The van der Waals surface area contributed by atoms with E-state index in [2.05, 4.69) is 25.1 Å². The van der Waals surface area contributed by atoms with Gasteiger partial charge in [-0.05, 0) is 57.7 Å². The van der Waals surface area contributed by atoms with Crippen molar-refractivity contribution in [3.05, 3.63) is 41.6 Å². The molecule has 4 aliphatic heterocycles. The molecule has 0 spiro atoms. The van der Waals surface area contributed by atoms with E-state index in [0.717, 1.165) is 63.7 Å². The molecule has 0 aliphatic carbocycles. The summed E-state index contributed by atoms with van der Waals surface area (Å²) in [6.45, 7) is 3.66. The van der Waals surface area contributed by atoms with Gasteiger partial charge in [0.2, 0.25) is 0 Å². The molecule has 12 heteroatoms. The van der Waals surface area contributed by atoms with Crippen LogP contribution in [-0.2, 0) is 6.18 Å². The third-order valence-electron chi connectivity index (χ3n) is 8.99. The Kier molecular flexibility index (Phi) is 6.12. The van der Waals surface area contributed by atoms with Crippen LogP contribution in [-0.4, -0.2) is 70.3 Å². The Morgan fingerprint density at radius 1 is 1.02 bits per heavy atom. The molecule has 0 radical (unpaired) electrons. The highest BCUT2D eigenvalue weighted by molar-refractivity contribution is 5.92. The fourth-order valence-electron chi connectivity index (χ4n) is 7.15. The largest absolute Gasteiger partial charge is 0.461 e. The monoisotopic (exact) mass is 560 g/mol. The van der Waals surface area contributed by atoms with Gasteiger partial charge in [0.05, 0.1) is 10.9 Å². The van der Waals surface area contributed by atoms with Gasteiger partial charge in [-0.25, -0.2) is 8.78 Å². The van der Waals surface area contributed by atoms with E-state index in [1.807, 2.05) is 0 Å². The van der Waals surface area contributed by atoms with Crippen LogP contribution in [0.25, 0.3) is 22.2 Å². The van der Waals surface area contributed by atoms with E-state index in [1.54, 1.807) is 0 Å². The molecule has 4 aliphatic rings. The molecule has 1 N–H and O–H groups in total. The summed E-state index contributed by atoms with van der Waals surface area (Å²) in [6.07, 6.45) is 2.43. The van der Waals surface area contributed by atoms with Crippen LogP contribution in [0.5, 0.6) is 6.01 Å². The Labute approximate surface area is 227 Å². The summed E-state index contributed by atoms with van der Waals surface area (Å²) < 4.78 is 78.1. The number of nitrogens with zero attached hydrogens (tertiary/aromatic N) is 5. The van der Waals surface area contributed by atoms with Gasteiger partial charge in [-0.2, -0.15) is 23.1 Å². The summed E-state index contributed by atoms with van der Waals surface area (Å²) in [5, 5.41) is 3.83. The van der Waals surface area contributed by atoms with Gasteiger partial charge < -0.3 is 15.0 Å². The van der Waals surface area contributed by atoms with E-state index in [-0.39, 0.29) is 34.5 Å². The van der Waals surface area contributed by atoms with Gasteiger partial charge in [-0.15, -0.1) is 0 Å². The molecule has 7 nitrogen and oxygen atoms in total.